The normalized spacial score (nSPS) is 10.6. The molecule has 0 atom stereocenters. The van der Waals surface area contributed by atoms with Gasteiger partial charge in [0, 0.05) is 24.8 Å². The van der Waals surface area contributed by atoms with E-state index in [1.165, 1.54) is 0 Å². The van der Waals surface area contributed by atoms with Crippen molar-refractivity contribution in [2.24, 2.45) is 0 Å². The molecule has 0 saturated carbocycles. The average Bonchev–Trinajstić information content (AvgIpc) is 2.88. The standard InChI is InChI=1S/C14H12N4O/c1-10-12(3-2-6-15-10)17-14(19)11-4-5-13-16-7-8-18(13)9-11/h2-9H,1H3,(H,17,19). The molecular weight excluding hydrogens is 240 g/mol. The Morgan fingerprint density at radius 1 is 1.21 bits per heavy atom. The Labute approximate surface area is 109 Å². The van der Waals surface area contributed by atoms with Crippen molar-refractivity contribution in [2.45, 2.75) is 6.92 Å². The molecule has 5 heteroatoms. The topological polar surface area (TPSA) is 59.3 Å². The van der Waals surface area contributed by atoms with Crippen LogP contribution in [0.5, 0.6) is 0 Å². The van der Waals surface area contributed by atoms with Crippen LogP contribution in [-0.2, 0) is 0 Å². The van der Waals surface area contributed by atoms with E-state index in [9.17, 15) is 4.79 Å². The highest BCUT2D eigenvalue weighted by atomic mass is 16.1. The van der Waals surface area contributed by atoms with Gasteiger partial charge < -0.3 is 9.72 Å². The van der Waals surface area contributed by atoms with E-state index in [4.69, 9.17) is 0 Å². The number of amides is 1. The van der Waals surface area contributed by atoms with Crippen molar-refractivity contribution in [1.29, 1.82) is 0 Å². The second-order valence-corrected chi connectivity index (χ2v) is 4.20. The van der Waals surface area contributed by atoms with Crippen molar-refractivity contribution in [3.63, 3.8) is 0 Å². The highest BCUT2D eigenvalue weighted by Crippen LogP contribution is 2.13. The Bertz CT molecular complexity index is 748. The first kappa shape index (κ1) is 11.4. The number of fused-ring (bicyclic) bond motifs is 1. The maximum absolute atomic E-state index is 12.2. The molecule has 0 aliphatic rings. The van der Waals surface area contributed by atoms with Crippen LogP contribution in [0.2, 0.25) is 0 Å². The van der Waals surface area contributed by atoms with Gasteiger partial charge in [-0.1, -0.05) is 0 Å². The van der Waals surface area contributed by atoms with Crippen LogP contribution in [0, 0.1) is 6.92 Å². The van der Waals surface area contributed by atoms with Crippen molar-refractivity contribution < 1.29 is 4.79 Å². The smallest absolute Gasteiger partial charge is 0.257 e. The molecule has 0 unspecified atom stereocenters. The van der Waals surface area contributed by atoms with E-state index in [1.54, 1.807) is 36.9 Å². The van der Waals surface area contributed by atoms with Crippen molar-refractivity contribution in [1.82, 2.24) is 14.4 Å². The van der Waals surface area contributed by atoms with Crippen LogP contribution < -0.4 is 5.32 Å². The summed E-state index contributed by atoms with van der Waals surface area (Å²) in [6.07, 6.45) is 6.95. The minimum Gasteiger partial charge on any atom is -0.320 e. The molecule has 3 heterocycles. The van der Waals surface area contributed by atoms with Gasteiger partial charge in [0.2, 0.25) is 0 Å². The number of nitrogens with zero attached hydrogens (tertiary/aromatic N) is 3. The van der Waals surface area contributed by atoms with Gasteiger partial charge in [-0.15, -0.1) is 0 Å². The predicted molar refractivity (Wildman–Crippen MR) is 72.1 cm³/mol. The lowest BCUT2D eigenvalue weighted by molar-refractivity contribution is 0.102. The molecule has 1 N–H and O–H groups in total. The molecule has 0 fully saturated rings. The summed E-state index contributed by atoms with van der Waals surface area (Å²) in [5.74, 6) is -0.160. The summed E-state index contributed by atoms with van der Waals surface area (Å²) in [7, 11) is 0. The Balaban J connectivity index is 1.89. The van der Waals surface area contributed by atoms with Crippen LogP contribution in [0.15, 0.2) is 49.1 Å². The fourth-order valence-corrected chi connectivity index (χ4v) is 1.87. The molecule has 0 aliphatic heterocycles. The zero-order valence-corrected chi connectivity index (χ0v) is 10.4. The van der Waals surface area contributed by atoms with Crippen LogP contribution in [0.25, 0.3) is 5.65 Å². The molecule has 0 aliphatic carbocycles. The molecule has 0 bridgehead atoms. The van der Waals surface area contributed by atoms with E-state index in [0.29, 0.717) is 5.56 Å². The number of aryl methyl sites for hydroxylation is 1. The first-order valence-electron chi connectivity index (χ1n) is 5.90. The van der Waals surface area contributed by atoms with E-state index in [-0.39, 0.29) is 5.91 Å². The number of rotatable bonds is 2. The molecule has 0 radical (unpaired) electrons. The van der Waals surface area contributed by atoms with E-state index >= 15 is 0 Å². The van der Waals surface area contributed by atoms with Crippen LogP contribution in [-0.4, -0.2) is 20.3 Å². The lowest BCUT2D eigenvalue weighted by Gasteiger charge is -2.07. The van der Waals surface area contributed by atoms with Gasteiger partial charge in [0.15, 0.2) is 0 Å². The number of hydrogen-bond acceptors (Lipinski definition) is 3. The molecule has 1 amide bonds. The molecule has 3 rings (SSSR count). The van der Waals surface area contributed by atoms with E-state index < -0.39 is 0 Å². The van der Waals surface area contributed by atoms with E-state index in [2.05, 4.69) is 15.3 Å². The van der Waals surface area contributed by atoms with Crippen molar-refractivity contribution in [2.75, 3.05) is 5.32 Å². The number of carbonyl (C=O) groups is 1. The van der Waals surface area contributed by atoms with Crippen LogP contribution in [0.4, 0.5) is 5.69 Å². The van der Waals surface area contributed by atoms with Crippen molar-refractivity contribution in [3.8, 4) is 0 Å². The van der Waals surface area contributed by atoms with Gasteiger partial charge in [-0.3, -0.25) is 9.78 Å². The number of imidazole rings is 1. The zero-order valence-electron chi connectivity index (χ0n) is 10.4. The number of anilines is 1. The summed E-state index contributed by atoms with van der Waals surface area (Å²) < 4.78 is 1.81. The second-order valence-electron chi connectivity index (χ2n) is 4.20. The van der Waals surface area contributed by atoms with Crippen LogP contribution >= 0.6 is 0 Å². The van der Waals surface area contributed by atoms with Crippen molar-refractivity contribution >= 4 is 17.2 Å². The minimum absolute atomic E-state index is 0.160. The highest BCUT2D eigenvalue weighted by Gasteiger charge is 2.08. The summed E-state index contributed by atoms with van der Waals surface area (Å²) in [6, 6.07) is 7.19. The van der Waals surface area contributed by atoms with Gasteiger partial charge in [-0.25, -0.2) is 4.98 Å². The Morgan fingerprint density at radius 3 is 2.95 bits per heavy atom. The van der Waals surface area contributed by atoms with Crippen LogP contribution in [0.1, 0.15) is 16.1 Å². The van der Waals surface area contributed by atoms with Gasteiger partial charge in [0.05, 0.1) is 16.9 Å². The first-order valence-corrected chi connectivity index (χ1v) is 5.90. The number of aromatic nitrogens is 3. The van der Waals surface area contributed by atoms with Gasteiger partial charge >= 0.3 is 0 Å². The molecule has 0 spiro atoms. The molecule has 94 valence electrons. The molecule has 0 saturated heterocycles. The largest absolute Gasteiger partial charge is 0.320 e. The summed E-state index contributed by atoms with van der Waals surface area (Å²) in [5.41, 5.74) is 2.90. The average molecular weight is 252 g/mol. The quantitative estimate of drug-likeness (QED) is 0.761. The third-order valence-corrected chi connectivity index (χ3v) is 2.91. The molecule has 5 nitrogen and oxygen atoms in total. The first-order chi connectivity index (χ1) is 9.24. The number of carbonyl (C=O) groups excluding carboxylic acids is 1. The zero-order chi connectivity index (χ0) is 13.2. The summed E-state index contributed by atoms with van der Waals surface area (Å²) in [5, 5.41) is 2.85. The maximum atomic E-state index is 12.2. The minimum atomic E-state index is -0.160. The Kier molecular flexibility index (Phi) is 2.72. The van der Waals surface area contributed by atoms with E-state index in [0.717, 1.165) is 17.0 Å². The third kappa shape index (κ3) is 2.18. The predicted octanol–water partition coefficient (Wildman–Crippen LogP) is 2.29. The second kappa shape index (κ2) is 4.53. The SMILES string of the molecule is Cc1ncccc1NC(=O)c1ccc2nccn2c1. The van der Waals surface area contributed by atoms with Gasteiger partial charge in [-0.05, 0) is 31.2 Å². The fourth-order valence-electron chi connectivity index (χ4n) is 1.87. The monoisotopic (exact) mass is 252 g/mol. The number of hydrogen-bond donors (Lipinski definition) is 1. The number of pyridine rings is 2. The molecule has 3 aromatic heterocycles. The molecular formula is C14H12N4O. The summed E-state index contributed by atoms with van der Waals surface area (Å²) >= 11 is 0. The third-order valence-electron chi connectivity index (χ3n) is 2.91. The summed E-state index contributed by atoms with van der Waals surface area (Å²) in [4.78, 5) is 20.4. The van der Waals surface area contributed by atoms with Gasteiger partial charge in [0.25, 0.3) is 5.91 Å². The molecule has 19 heavy (non-hydrogen) atoms. The van der Waals surface area contributed by atoms with Gasteiger partial charge in [-0.2, -0.15) is 0 Å². The molecule has 0 aromatic carbocycles. The fraction of sp³-hybridized carbons (Fsp3) is 0.0714. The molecule has 3 aromatic rings. The Morgan fingerprint density at radius 2 is 2.11 bits per heavy atom. The number of nitrogens with one attached hydrogen (secondary N) is 1. The van der Waals surface area contributed by atoms with Crippen molar-refractivity contribution in [3.05, 3.63) is 60.3 Å². The lowest BCUT2D eigenvalue weighted by Crippen LogP contribution is -2.13. The summed E-state index contributed by atoms with van der Waals surface area (Å²) in [6.45, 7) is 1.86. The van der Waals surface area contributed by atoms with Gasteiger partial charge in [0.1, 0.15) is 5.65 Å². The van der Waals surface area contributed by atoms with E-state index in [1.807, 2.05) is 23.5 Å². The lowest BCUT2D eigenvalue weighted by atomic mass is 10.2. The maximum Gasteiger partial charge on any atom is 0.257 e. The van der Waals surface area contributed by atoms with Crippen LogP contribution in [0.3, 0.4) is 0 Å². The Hall–Kier alpha value is -2.69. The highest BCUT2D eigenvalue weighted by molar-refractivity contribution is 6.04.